The van der Waals surface area contributed by atoms with Crippen LogP contribution in [0.25, 0.3) is 5.69 Å². The number of para-hydroxylation sites is 1. The topological polar surface area (TPSA) is 151 Å². The molecule has 0 saturated heterocycles. The number of benzene rings is 2. The number of H-pyrrole nitrogens is 1. The van der Waals surface area contributed by atoms with Gasteiger partial charge in [0.25, 0.3) is 5.56 Å². The summed E-state index contributed by atoms with van der Waals surface area (Å²) < 4.78 is 7.15. The van der Waals surface area contributed by atoms with E-state index in [4.69, 9.17) is 4.74 Å². The van der Waals surface area contributed by atoms with Crippen LogP contribution in [0.2, 0.25) is 0 Å². The Balaban J connectivity index is 1.52. The molecule has 4 N–H and O–H groups in total. The van der Waals surface area contributed by atoms with Crippen molar-refractivity contribution in [3.8, 4) is 22.9 Å². The zero-order chi connectivity index (χ0) is 27.5. The van der Waals surface area contributed by atoms with E-state index < -0.39 is 28.5 Å². The lowest BCUT2D eigenvalue weighted by molar-refractivity contribution is -0.123. The highest BCUT2D eigenvalue weighted by Crippen LogP contribution is 2.57. The summed E-state index contributed by atoms with van der Waals surface area (Å²) >= 11 is 0. The van der Waals surface area contributed by atoms with Crippen LogP contribution in [0.1, 0.15) is 48.0 Å². The Morgan fingerprint density at radius 3 is 2.45 bits per heavy atom. The quantitative estimate of drug-likeness (QED) is 0.230. The van der Waals surface area contributed by atoms with Crippen LogP contribution in [0.5, 0.6) is 17.2 Å². The molecule has 10 heteroatoms. The second kappa shape index (κ2) is 8.62. The molecule has 194 valence electrons. The number of aromatic nitrogens is 2. The van der Waals surface area contributed by atoms with Gasteiger partial charge in [0.1, 0.15) is 34.0 Å². The summed E-state index contributed by atoms with van der Waals surface area (Å²) in [6.07, 6.45) is 1.16. The van der Waals surface area contributed by atoms with Crippen LogP contribution in [0.3, 0.4) is 0 Å². The lowest BCUT2D eigenvalue weighted by atomic mass is 9.70. The normalized spacial score (nSPS) is 19.4. The average Bonchev–Trinajstić information content (AvgIpc) is 3.39. The minimum absolute atomic E-state index is 0.0244. The number of hydrogen-bond acceptors (Lipinski definition) is 8. The third-order valence-corrected chi connectivity index (χ3v) is 7.09. The first-order chi connectivity index (χ1) is 18.0. The van der Waals surface area contributed by atoms with Crippen molar-refractivity contribution in [3.05, 3.63) is 92.2 Å². The average molecular weight is 516 g/mol. The second-order valence-electron chi connectivity index (χ2n) is 9.53. The van der Waals surface area contributed by atoms with Crippen LogP contribution < -0.4 is 15.6 Å². The maximum absolute atomic E-state index is 13.9. The lowest BCUT2D eigenvalue weighted by Crippen LogP contribution is -2.41. The van der Waals surface area contributed by atoms with Gasteiger partial charge in [0.2, 0.25) is 0 Å². The first-order valence-electron chi connectivity index (χ1n) is 11.9. The van der Waals surface area contributed by atoms with Crippen molar-refractivity contribution in [1.29, 1.82) is 0 Å². The standard InChI is InChI=1S/C28H25N3O7/c1-13-24(35)22(15(3)32)26-23(25(13)36)28(4)19(38-26)11-18(33)21(27(28)37)14(2)29-12-16-10-20(34)31(30-16)17-8-6-5-7-9-17/h5-11,29-30,35-36H,12H2,1-4H3. The molecular formula is C28H25N3O7. The van der Waals surface area contributed by atoms with Gasteiger partial charge in [0.15, 0.2) is 17.3 Å². The van der Waals surface area contributed by atoms with Gasteiger partial charge in [-0.1, -0.05) is 18.2 Å². The van der Waals surface area contributed by atoms with E-state index in [0.717, 1.165) is 6.08 Å². The number of ether oxygens (including phenoxy) is 1. The molecule has 2 aliphatic rings. The van der Waals surface area contributed by atoms with Crippen molar-refractivity contribution in [3.63, 3.8) is 0 Å². The summed E-state index contributed by atoms with van der Waals surface area (Å²) in [6, 6.07) is 10.4. The van der Waals surface area contributed by atoms with Gasteiger partial charge in [0, 0.05) is 23.4 Å². The molecule has 1 aliphatic carbocycles. The van der Waals surface area contributed by atoms with Gasteiger partial charge in [-0.05, 0) is 39.8 Å². The van der Waals surface area contributed by atoms with Crippen LogP contribution in [0.15, 0.2) is 64.3 Å². The van der Waals surface area contributed by atoms with Gasteiger partial charge in [-0.3, -0.25) is 24.3 Å². The molecule has 1 aliphatic heterocycles. The Morgan fingerprint density at radius 2 is 1.79 bits per heavy atom. The number of carbonyl (C=O) groups is 3. The lowest BCUT2D eigenvalue weighted by Gasteiger charge is -2.29. The Kier molecular flexibility index (Phi) is 5.63. The fourth-order valence-electron chi connectivity index (χ4n) is 4.98. The highest BCUT2D eigenvalue weighted by molar-refractivity contribution is 6.31. The van der Waals surface area contributed by atoms with Crippen LogP contribution in [0.4, 0.5) is 0 Å². The highest BCUT2D eigenvalue weighted by Gasteiger charge is 2.56. The number of Topliss-reactive ketones (excluding diaryl/α,β-unsaturated/α-hetero) is 2. The molecule has 0 saturated carbocycles. The van der Waals surface area contributed by atoms with E-state index in [9.17, 15) is 29.4 Å². The van der Waals surface area contributed by atoms with Gasteiger partial charge in [-0.15, -0.1) is 0 Å². The fraction of sp³-hybridized carbons (Fsp3) is 0.214. The molecule has 38 heavy (non-hydrogen) atoms. The number of aromatic hydroxyl groups is 2. The molecule has 3 aromatic rings. The largest absolute Gasteiger partial charge is 0.507 e. The zero-order valence-corrected chi connectivity index (χ0v) is 21.1. The summed E-state index contributed by atoms with van der Waals surface area (Å²) in [6.45, 7) is 5.85. The summed E-state index contributed by atoms with van der Waals surface area (Å²) in [4.78, 5) is 51.7. The van der Waals surface area contributed by atoms with Crippen LogP contribution in [-0.2, 0) is 21.5 Å². The van der Waals surface area contributed by atoms with Gasteiger partial charge in [0.05, 0.1) is 29.1 Å². The maximum atomic E-state index is 13.9. The van der Waals surface area contributed by atoms with Gasteiger partial charge in [-0.2, -0.15) is 0 Å². The van der Waals surface area contributed by atoms with Crippen molar-refractivity contribution >= 4 is 17.3 Å². The van der Waals surface area contributed by atoms with Crippen LogP contribution >= 0.6 is 0 Å². The Labute approximate surface area is 216 Å². The highest BCUT2D eigenvalue weighted by atomic mass is 16.5. The smallest absolute Gasteiger partial charge is 0.271 e. The second-order valence-corrected chi connectivity index (χ2v) is 9.53. The van der Waals surface area contributed by atoms with Gasteiger partial charge >= 0.3 is 0 Å². The number of allylic oxidation sites excluding steroid dienone is 4. The van der Waals surface area contributed by atoms with E-state index in [-0.39, 0.29) is 57.3 Å². The molecule has 5 rings (SSSR count). The van der Waals surface area contributed by atoms with Crippen molar-refractivity contribution < 1.29 is 29.3 Å². The Morgan fingerprint density at radius 1 is 1.11 bits per heavy atom. The molecule has 0 amide bonds. The Hall–Kier alpha value is -4.86. The molecule has 10 nitrogen and oxygen atoms in total. The summed E-state index contributed by atoms with van der Waals surface area (Å²) in [5.74, 6) is -2.77. The van der Waals surface area contributed by atoms with E-state index in [1.54, 1.807) is 19.1 Å². The molecule has 0 fully saturated rings. The van der Waals surface area contributed by atoms with Crippen molar-refractivity contribution in [2.45, 2.75) is 39.7 Å². The number of nitrogens with one attached hydrogen (secondary N) is 2. The minimum Gasteiger partial charge on any atom is -0.507 e. The van der Waals surface area contributed by atoms with E-state index in [2.05, 4.69) is 10.4 Å². The minimum atomic E-state index is -1.60. The third-order valence-electron chi connectivity index (χ3n) is 7.09. The number of phenols is 2. The summed E-state index contributed by atoms with van der Waals surface area (Å²) in [5.41, 5.74) is -0.674. The number of fused-ring (bicyclic) bond motifs is 3. The maximum Gasteiger partial charge on any atom is 0.271 e. The van der Waals surface area contributed by atoms with Crippen molar-refractivity contribution in [1.82, 2.24) is 15.1 Å². The fourth-order valence-corrected chi connectivity index (χ4v) is 4.98. The summed E-state index contributed by atoms with van der Waals surface area (Å²) in [7, 11) is 0. The number of carbonyl (C=O) groups excluding carboxylic acids is 3. The first kappa shape index (κ1) is 24.8. The van der Waals surface area contributed by atoms with Gasteiger partial charge in [-0.25, -0.2) is 4.68 Å². The molecule has 1 atom stereocenters. The van der Waals surface area contributed by atoms with Crippen LogP contribution in [-0.4, -0.2) is 37.3 Å². The van der Waals surface area contributed by atoms with Crippen molar-refractivity contribution in [2.75, 3.05) is 0 Å². The summed E-state index contributed by atoms with van der Waals surface area (Å²) in [5, 5.41) is 27.4. The number of hydrogen-bond donors (Lipinski definition) is 4. The number of rotatable bonds is 5. The van der Waals surface area contributed by atoms with Crippen molar-refractivity contribution in [2.24, 2.45) is 0 Å². The third kappa shape index (κ3) is 3.48. The molecule has 1 unspecified atom stereocenters. The number of ketones is 3. The molecule has 2 aromatic carbocycles. The zero-order valence-electron chi connectivity index (χ0n) is 21.1. The Bertz CT molecular complexity index is 1670. The van der Waals surface area contributed by atoms with Gasteiger partial charge < -0.3 is 20.3 Å². The monoisotopic (exact) mass is 515 g/mol. The first-order valence-corrected chi connectivity index (χ1v) is 11.9. The van der Waals surface area contributed by atoms with E-state index >= 15 is 0 Å². The SMILES string of the molecule is CC(=O)c1c(O)c(C)c(O)c2c1OC1=CC(=O)C(=C(C)NCc3cc(=O)n(-c4ccccc4)[nH]3)C(=O)C12C. The molecule has 1 aromatic heterocycles. The van der Waals surface area contributed by atoms with E-state index in [1.165, 1.54) is 31.5 Å². The molecule has 0 spiro atoms. The molecule has 2 heterocycles. The predicted octanol–water partition coefficient (Wildman–Crippen LogP) is 2.84. The molecular weight excluding hydrogens is 490 g/mol. The molecule has 0 radical (unpaired) electrons. The predicted molar refractivity (Wildman–Crippen MR) is 137 cm³/mol. The van der Waals surface area contributed by atoms with Crippen LogP contribution in [0, 0.1) is 6.92 Å². The number of phenolic OH excluding ortho intramolecular Hbond substituents is 2. The molecule has 0 bridgehead atoms. The number of aromatic amines is 1. The van der Waals surface area contributed by atoms with E-state index in [0.29, 0.717) is 11.4 Å². The van der Waals surface area contributed by atoms with E-state index in [1.807, 2.05) is 18.2 Å². The number of nitrogens with zero attached hydrogens (tertiary/aromatic N) is 1.